The number of benzene rings is 1. The standard InChI is InChI=1S/C21H31ClN6O3/c1-15(14-29)28(26-19-10-8-18(13-22)9-11-19)21(31)16(2)17(3)25-20(30)7-5-4-6-12-24-27-23/h8-11,14-17,26H,4-7,12-13H2,1-3H3,(H,25,30)/t15-,16-,17-/m0/s1. The molecule has 31 heavy (non-hydrogen) atoms. The Kier molecular flexibility index (Phi) is 12.1. The molecule has 170 valence electrons. The summed E-state index contributed by atoms with van der Waals surface area (Å²) in [5.41, 5.74) is 12.8. The fourth-order valence-electron chi connectivity index (χ4n) is 2.80. The van der Waals surface area contributed by atoms with Gasteiger partial charge in [-0.15, -0.1) is 11.6 Å². The summed E-state index contributed by atoms with van der Waals surface area (Å²) in [4.78, 5) is 39.3. The van der Waals surface area contributed by atoms with Crippen LogP contribution in [0.25, 0.3) is 10.4 Å². The first-order chi connectivity index (χ1) is 14.8. The van der Waals surface area contributed by atoms with Crippen molar-refractivity contribution in [3.8, 4) is 0 Å². The minimum atomic E-state index is -0.693. The normalized spacial score (nSPS) is 13.3. The van der Waals surface area contributed by atoms with E-state index in [1.807, 2.05) is 12.1 Å². The number of amides is 2. The fourth-order valence-corrected chi connectivity index (χ4v) is 2.98. The van der Waals surface area contributed by atoms with Crippen LogP contribution in [0.1, 0.15) is 52.0 Å². The summed E-state index contributed by atoms with van der Waals surface area (Å²) in [6.07, 6.45) is 3.21. The second-order valence-corrected chi connectivity index (χ2v) is 7.70. The third kappa shape index (κ3) is 9.27. The van der Waals surface area contributed by atoms with Crippen molar-refractivity contribution in [2.75, 3.05) is 12.0 Å². The number of hydrogen-bond acceptors (Lipinski definition) is 5. The van der Waals surface area contributed by atoms with Gasteiger partial charge in [0.05, 0.1) is 11.6 Å². The van der Waals surface area contributed by atoms with Crippen LogP contribution in [0, 0.1) is 5.92 Å². The van der Waals surface area contributed by atoms with Crippen LogP contribution in [0.2, 0.25) is 0 Å². The van der Waals surface area contributed by atoms with Crippen LogP contribution in [0.15, 0.2) is 29.4 Å². The van der Waals surface area contributed by atoms with E-state index >= 15 is 0 Å². The number of unbranched alkanes of at least 4 members (excludes halogenated alkanes) is 2. The topological polar surface area (TPSA) is 127 Å². The van der Waals surface area contributed by atoms with Gasteiger partial charge in [0.1, 0.15) is 12.3 Å². The smallest absolute Gasteiger partial charge is 0.246 e. The lowest BCUT2D eigenvalue weighted by Crippen LogP contribution is -2.51. The molecule has 0 unspecified atom stereocenters. The first kappa shape index (κ1) is 26.3. The van der Waals surface area contributed by atoms with Gasteiger partial charge in [0, 0.05) is 29.8 Å². The molecule has 0 saturated heterocycles. The molecule has 2 N–H and O–H groups in total. The van der Waals surface area contributed by atoms with Crippen molar-refractivity contribution >= 4 is 35.4 Å². The number of carbonyl (C=O) groups is 3. The third-order valence-corrected chi connectivity index (χ3v) is 5.26. The van der Waals surface area contributed by atoms with Crippen LogP contribution in [0.5, 0.6) is 0 Å². The van der Waals surface area contributed by atoms with Gasteiger partial charge in [-0.3, -0.25) is 15.0 Å². The van der Waals surface area contributed by atoms with Gasteiger partial charge < -0.3 is 10.1 Å². The monoisotopic (exact) mass is 450 g/mol. The van der Waals surface area contributed by atoms with E-state index in [4.69, 9.17) is 17.1 Å². The molecule has 1 aromatic carbocycles. The SMILES string of the molecule is C[C@H](NC(=O)CCCCCN=[N+]=[N-])[C@H](C)C(=O)N(Nc1ccc(CCl)cc1)[C@@H](C)C=O. The third-order valence-electron chi connectivity index (χ3n) is 4.95. The van der Waals surface area contributed by atoms with E-state index in [1.54, 1.807) is 32.9 Å². The van der Waals surface area contributed by atoms with Crippen LogP contribution in [-0.4, -0.2) is 41.7 Å². The van der Waals surface area contributed by atoms with Crippen molar-refractivity contribution in [2.24, 2.45) is 11.0 Å². The van der Waals surface area contributed by atoms with Gasteiger partial charge in [-0.25, -0.2) is 5.01 Å². The maximum atomic E-state index is 13.0. The summed E-state index contributed by atoms with van der Waals surface area (Å²) in [6, 6.07) is 6.14. The molecule has 0 aliphatic carbocycles. The molecule has 0 saturated carbocycles. The molecule has 1 rings (SSSR count). The maximum absolute atomic E-state index is 13.0. The lowest BCUT2D eigenvalue weighted by molar-refractivity contribution is -0.138. The van der Waals surface area contributed by atoms with Gasteiger partial charge in [0.15, 0.2) is 0 Å². The molecule has 10 heteroatoms. The van der Waals surface area contributed by atoms with Crippen molar-refractivity contribution < 1.29 is 14.4 Å². The number of alkyl halides is 1. The van der Waals surface area contributed by atoms with E-state index in [2.05, 4.69) is 20.8 Å². The molecular formula is C21H31ClN6O3. The molecular weight excluding hydrogens is 420 g/mol. The number of azide groups is 1. The predicted molar refractivity (Wildman–Crippen MR) is 121 cm³/mol. The molecule has 9 nitrogen and oxygen atoms in total. The van der Waals surface area contributed by atoms with Gasteiger partial charge in [-0.05, 0) is 49.9 Å². The Balaban J connectivity index is 2.65. The van der Waals surface area contributed by atoms with Gasteiger partial charge in [-0.2, -0.15) is 0 Å². The summed E-state index contributed by atoms with van der Waals surface area (Å²) in [5, 5.41) is 7.59. The van der Waals surface area contributed by atoms with Crippen molar-refractivity contribution in [3.05, 3.63) is 40.3 Å². The zero-order valence-electron chi connectivity index (χ0n) is 18.3. The summed E-state index contributed by atoms with van der Waals surface area (Å²) in [5.74, 6) is -0.611. The predicted octanol–water partition coefficient (Wildman–Crippen LogP) is 4.18. The Labute approximate surface area is 188 Å². The number of halogens is 1. The van der Waals surface area contributed by atoms with E-state index in [0.717, 1.165) is 18.4 Å². The molecule has 0 aliphatic rings. The lowest BCUT2D eigenvalue weighted by Gasteiger charge is -2.32. The highest BCUT2D eigenvalue weighted by molar-refractivity contribution is 6.17. The van der Waals surface area contributed by atoms with Crippen LogP contribution in [0.4, 0.5) is 5.69 Å². The molecule has 2 amide bonds. The van der Waals surface area contributed by atoms with Crippen LogP contribution in [0.3, 0.4) is 0 Å². The number of hydrazine groups is 1. The Morgan fingerprint density at radius 2 is 1.87 bits per heavy atom. The lowest BCUT2D eigenvalue weighted by atomic mass is 10.0. The summed E-state index contributed by atoms with van der Waals surface area (Å²) >= 11 is 5.80. The quantitative estimate of drug-likeness (QED) is 0.0837. The zero-order valence-corrected chi connectivity index (χ0v) is 19.0. The van der Waals surface area contributed by atoms with Crippen molar-refractivity contribution in [3.63, 3.8) is 0 Å². The minimum Gasteiger partial charge on any atom is -0.353 e. The molecule has 0 bridgehead atoms. The molecule has 0 aromatic heterocycles. The van der Waals surface area contributed by atoms with Gasteiger partial charge >= 0.3 is 0 Å². The Hall–Kier alpha value is -2.77. The molecule has 0 spiro atoms. The molecule has 0 heterocycles. The van der Waals surface area contributed by atoms with Crippen LogP contribution >= 0.6 is 11.6 Å². The highest BCUT2D eigenvalue weighted by atomic mass is 35.5. The van der Waals surface area contributed by atoms with Crippen molar-refractivity contribution in [1.82, 2.24) is 10.3 Å². The number of carbonyl (C=O) groups excluding carboxylic acids is 3. The highest BCUT2D eigenvalue weighted by Crippen LogP contribution is 2.16. The Bertz CT molecular complexity index is 767. The molecule has 0 radical (unpaired) electrons. The first-order valence-electron chi connectivity index (χ1n) is 10.3. The van der Waals surface area contributed by atoms with Gasteiger partial charge in [-0.1, -0.05) is 30.6 Å². The minimum absolute atomic E-state index is 0.143. The van der Waals surface area contributed by atoms with E-state index in [-0.39, 0.29) is 11.8 Å². The second-order valence-electron chi connectivity index (χ2n) is 7.44. The average Bonchev–Trinajstić information content (AvgIpc) is 2.78. The van der Waals surface area contributed by atoms with Crippen LogP contribution < -0.4 is 10.7 Å². The van der Waals surface area contributed by atoms with Crippen molar-refractivity contribution in [2.45, 2.75) is 64.4 Å². The van der Waals surface area contributed by atoms with Gasteiger partial charge in [0.2, 0.25) is 11.8 Å². The summed E-state index contributed by atoms with van der Waals surface area (Å²) in [6.45, 7) is 5.53. The molecule has 1 aromatic rings. The molecule has 0 aliphatic heterocycles. The van der Waals surface area contributed by atoms with Crippen molar-refractivity contribution in [1.29, 1.82) is 0 Å². The van der Waals surface area contributed by atoms with E-state index in [0.29, 0.717) is 37.2 Å². The number of rotatable bonds is 14. The fraction of sp³-hybridized carbons (Fsp3) is 0.571. The summed E-state index contributed by atoms with van der Waals surface area (Å²) < 4.78 is 0. The highest BCUT2D eigenvalue weighted by Gasteiger charge is 2.29. The number of nitrogens with one attached hydrogen (secondary N) is 2. The number of hydrogen-bond donors (Lipinski definition) is 2. The largest absolute Gasteiger partial charge is 0.353 e. The number of aldehydes is 1. The first-order valence-corrected chi connectivity index (χ1v) is 10.9. The Morgan fingerprint density at radius 3 is 2.45 bits per heavy atom. The summed E-state index contributed by atoms with van der Waals surface area (Å²) in [7, 11) is 0. The average molecular weight is 451 g/mol. The van der Waals surface area contributed by atoms with Gasteiger partial charge in [0.25, 0.3) is 0 Å². The molecule has 0 fully saturated rings. The van der Waals surface area contributed by atoms with Crippen LogP contribution in [-0.2, 0) is 20.3 Å². The van der Waals surface area contributed by atoms with E-state index < -0.39 is 18.0 Å². The maximum Gasteiger partial charge on any atom is 0.246 e. The Morgan fingerprint density at radius 1 is 1.19 bits per heavy atom. The van der Waals surface area contributed by atoms with E-state index in [9.17, 15) is 14.4 Å². The number of nitrogens with zero attached hydrogens (tertiary/aromatic N) is 4. The second kappa shape index (κ2) is 14.3. The van der Waals surface area contributed by atoms with E-state index in [1.165, 1.54) is 5.01 Å². The zero-order chi connectivity index (χ0) is 23.2. The molecule has 3 atom stereocenters. The number of anilines is 1.